The molecule has 2 saturated heterocycles. The van der Waals surface area contributed by atoms with Gasteiger partial charge in [0.05, 0.1) is 29.5 Å². The summed E-state index contributed by atoms with van der Waals surface area (Å²) >= 11 is 0. The van der Waals surface area contributed by atoms with Gasteiger partial charge in [0.15, 0.2) is 0 Å². The van der Waals surface area contributed by atoms with Crippen molar-refractivity contribution in [2.24, 2.45) is 0 Å². The van der Waals surface area contributed by atoms with Gasteiger partial charge in [0.25, 0.3) is 5.91 Å². The third-order valence-corrected chi connectivity index (χ3v) is 5.72. The van der Waals surface area contributed by atoms with Gasteiger partial charge in [0.1, 0.15) is 0 Å². The van der Waals surface area contributed by atoms with Gasteiger partial charge in [-0.05, 0) is 57.4 Å². The molecule has 0 atom stereocenters. The van der Waals surface area contributed by atoms with Crippen molar-refractivity contribution in [3.05, 3.63) is 41.6 Å². The first-order chi connectivity index (χ1) is 13.0. The van der Waals surface area contributed by atoms with E-state index >= 15 is 0 Å². The van der Waals surface area contributed by atoms with Crippen LogP contribution in [0.5, 0.6) is 0 Å². The number of nitriles is 1. The first kappa shape index (κ1) is 17.7. The molecule has 4 rings (SSSR count). The van der Waals surface area contributed by atoms with Crippen LogP contribution in [0.1, 0.15) is 55.1 Å². The number of likely N-dealkylation sites (tertiary alicyclic amines) is 1. The molecule has 2 fully saturated rings. The molecule has 3 heterocycles. The maximum Gasteiger partial charge on any atom is 0.254 e. The molecule has 2 aliphatic heterocycles. The molecule has 0 bridgehead atoms. The molecule has 6 nitrogen and oxygen atoms in total. The zero-order chi connectivity index (χ0) is 19.0. The summed E-state index contributed by atoms with van der Waals surface area (Å²) in [7, 11) is 0. The van der Waals surface area contributed by atoms with Crippen molar-refractivity contribution in [2.45, 2.75) is 44.8 Å². The highest BCUT2D eigenvalue weighted by molar-refractivity contribution is 6.00. The molecule has 1 amide bonds. The van der Waals surface area contributed by atoms with E-state index in [2.05, 4.69) is 25.0 Å². The summed E-state index contributed by atoms with van der Waals surface area (Å²) in [5, 5.41) is 13.9. The lowest BCUT2D eigenvalue weighted by atomic mass is 9.84. The Hall–Kier alpha value is -2.65. The number of carbonyl (C=O) groups is 1. The van der Waals surface area contributed by atoms with Crippen LogP contribution in [0.4, 0.5) is 0 Å². The lowest BCUT2D eigenvalue weighted by Gasteiger charge is -2.47. The van der Waals surface area contributed by atoms with E-state index in [0.29, 0.717) is 24.2 Å². The number of benzene rings is 1. The third kappa shape index (κ3) is 3.24. The fourth-order valence-electron chi connectivity index (χ4n) is 3.85. The second kappa shape index (κ2) is 6.82. The van der Waals surface area contributed by atoms with Crippen LogP contribution >= 0.6 is 0 Å². The van der Waals surface area contributed by atoms with Crippen LogP contribution in [0.25, 0.3) is 11.3 Å². The van der Waals surface area contributed by atoms with E-state index in [-0.39, 0.29) is 17.6 Å². The lowest BCUT2D eigenvalue weighted by Crippen LogP contribution is -2.53. The van der Waals surface area contributed by atoms with E-state index < -0.39 is 0 Å². The van der Waals surface area contributed by atoms with Crippen molar-refractivity contribution in [3.8, 4) is 17.3 Å². The molecule has 140 valence electrons. The number of rotatable bonds is 3. The lowest BCUT2D eigenvalue weighted by molar-refractivity contribution is -0.169. The monoisotopic (exact) mass is 364 g/mol. The van der Waals surface area contributed by atoms with Gasteiger partial charge in [-0.25, -0.2) is 0 Å². The number of aromatic nitrogens is 2. The Kier molecular flexibility index (Phi) is 4.48. The highest BCUT2D eigenvalue weighted by Crippen LogP contribution is 2.37. The third-order valence-electron chi connectivity index (χ3n) is 5.72. The van der Waals surface area contributed by atoms with E-state index in [1.54, 1.807) is 18.2 Å². The number of amides is 1. The SMILES string of the molecule is CC(C)n1ccc(-c2cc(C#N)ccc2C(=O)N2CCC3(CCO3)CC2)n1. The largest absolute Gasteiger partial charge is 0.375 e. The van der Waals surface area contributed by atoms with Crippen molar-refractivity contribution < 1.29 is 9.53 Å². The molecular weight excluding hydrogens is 340 g/mol. The second-order valence-corrected chi connectivity index (χ2v) is 7.72. The zero-order valence-electron chi connectivity index (χ0n) is 15.8. The molecule has 2 aliphatic rings. The minimum absolute atomic E-state index is 0.00256. The highest BCUT2D eigenvalue weighted by atomic mass is 16.5. The van der Waals surface area contributed by atoms with E-state index in [1.807, 2.05) is 21.8 Å². The smallest absolute Gasteiger partial charge is 0.254 e. The Morgan fingerprint density at radius 1 is 1.26 bits per heavy atom. The van der Waals surface area contributed by atoms with Crippen molar-refractivity contribution in [3.63, 3.8) is 0 Å². The van der Waals surface area contributed by atoms with Crippen LogP contribution in [-0.4, -0.2) is 45.9 Å². The Balaban J connectivity index is 1.63. The molecule has 6 heteroatoms. The number of carbonyl (C=O) groups excluding carboxylic acids is 1. The molecule has 2 aromatic rings. The molecule has 0 aliphatic carbocycles. The van der Waals surface area contributed by atoms with Crippen LogP contribution in [0.3, 0.4) is 0 Å². The average molecular weight is 364 g/mol. The van der Waals surface area contributed by atoms with Crippen LogP contribution in [0, 0.1) is 11.3 Å². The van der Waals surface area contributed by atoms with Gasteiger partial charge >= 0.3 is 0 Å². The molecule has 0 unspecified atom stereocenters. The quantitative estimate of drug-likeness (QED) is 0.837. The van der Waals surface area contributed by atoms with Gasteiger partial charge < -0.3 is 9.64 Å². The summed E-state index contributed by atoms with van der Waals surface area (Å²) in [5.74, 6) is 0.00256. The van der Waals surface area contributed by atoms with E-state index in [0.717, 1.165) is 37.1 Å². The summed E-state index contributed by atoms with van der Waals surface area (Å²) in [6.45, 7) is 6.37. The van der Waals surface area contributed by atoms with Crippen molar-refractivity contribution in [2.75, 3.05) is 19.7 Å². The van der Waals surface area contributed by atoms with E-state index in [9.17, 15) is 10.1 Å². The molecule has 1 aromatic carbocycles. The Bertz CT molecular complexity index is 895. The summed E-state index contributed by atoms with van der Waals surface area (Å²) in [5.41, 5.74) is 2.59. The van der Waals surface area contributed by atoms with Crippen molar-refractivity contribution in [1.82, 2.24) is 14.7 Å². The van der Waals surface area contributed by atoms with Crippen LogP contribution in [0.2, 0.25) is 0 Å². The van der Waals surface area contributed by atoms with Gasteiger partial charge in [-0.3, -0.25) is 9.48 Å². The van der Waals surface area contributed by atoms with Gasteiger partial charge in [-0.2, -0.15) is 10.4 Å². The van der Waals surface area contributed by atoms with Gasteiger partial charge in [-0.1, -0.05) is 0 Å². The van der Waals surface area contributed by atoms with Gasteiger partial charge in [0, 0.05) is 36.5 Å². The summed E-state index contributed by atoms with van der Waals surface area (Å²) in [6, 6.07) is 9.53. The van der Waals surface area contributed by atoms with Gasteiger partial charge in [0.2, 0.25) is 0 Å². The Labute approximate surface area is 159 Å². The highest BCUT2D eigenvalue weighted by Gasteiger charge is 2.42. The maximum absolute atomic E-state index is 13.2. The molecular formula is C21H24N4O2. The first-order valence-electron chi connectivity index (χ1n) is 9.54. The predicted octanol–water partition coefficient (Wildman–Crippen LogP) is 3.40. The zero-order valence-corrected chi connectivity index (χ0v) is 15.8. The molecule has 1 spiro atoms. The first-order valence-corrected chi connectivity index (χ1v) is 9.54. The summed E-state index contributed by atoms with van der Waals surface area (Å²) < 4.78 is 7.62. The molecule has 0 N–H and O–H groups in total. The number of hydrogen-bond donors (Lipinski definition) is 0. The Morgan fingerprint density at radius 2 is 2.00 bits per heavy atom. The molecule has 0 radical (unpaired) electrons. The molecule has 1 aromatic heterocycles. The summed E-state index contributed by atoms with van der Waals surface area (Å²) in [6.07, 6.45) is 4.80. The topological polar surface area (TPSA) is 71.2 Å². The van der Waals surface area contributed by atoms with Crippen LogP contribution < -0.4 is 0 Å². The maximum atomic E-state index is 13.2. The second-order valence-electron chi connectivity index (χ2n) is 7.72. The number of nitrogens with zero attached hydrogens (tertiary/aromatic N) is 4. The fourth-order valence-corrected chi connectivity index (χ4v) is 3.85. The number of piperidine rings is 1. The molecule has 0 saturated carbocycles. The molecule has 27 heavy (non-hydrogen) atoms. The average Bonchev–Trinajstić information content (AvgIpc) is 3.16. The number of hydrogen-bond acceptors (Lipinski definition) is 4. The van der Waals surface area contributed by atoms with Crippen molar-refractivity contribution >= 4 is 5.91 Å². The van der Waals surface area contributed by atoms with Gasteiger partial charge in [-0.15, -0.1) is 0 Å². The van der Waals surface area contributed by atoms with Crippen LogP contribution in [-0.2, 0) is 4.74 Å². The fraction of sp³-hybridized carbons (Fsp3) is 0.476. The van der Waals surface area contributed by atoms with E-state index in [4.69, 9.17) is 4.74 Å². The minimum atomic E-state index is 0.00256. The number of ether oxygens (including phenoxy) is 1. The normalized spacial score (nSPS) is 18.4. The van der Waals surface area contributed by atoms with Crippen molar-refractivity contribution in [1.29, 1.82) is 5.26 Å². The minimum Gasteiger partial charge on any atom is -0.375 e. The standard InChI is InChI=1S/C21H24N4O2/c1-15(2)25-9-5-19(23-25)18-13-16(14-22)3-4-17(18)20(26)24-10-6-21(7-11-24)8-12-27-21/h3-5,9,13,15H,6-8,10-12H2,1-2H3. The Morgan fingerprint density at radius 3 is 2.56 bits per heavy atom. The van der Waals surface area contributed by atoms with E-state index in [1.165, 1.54) is 0 Å². The summed E-state index contributed by atoms with van der Waals surface area (Å²) in [4.78, 5) is 15.1. The predicted molar refractivity (Wildman–Crippen MR) is 101 cm³/mol. The van der Waals surface area contributed by atoms with Crippen LogP contribution in [0.15, 0.2) is 30.5 Å².